The Morgan fingerprint density at radius 1 is 0.515 bits per heavy atom. The Kier molecular flexibility index (Phi) is 20.5. The Balaban J connectivity index is 2.22. The lowest BCUT2D eigenvalue weighted by atomic mass is 9.92. The van der Waals surface area contributed by atoms with Crippen LogP contribution < -0.4 is 0 Å². The van der Waals surface area contributed by atoms with E-state index in [9.17, 15) is 53.1 Å². The summed E-state index contributed by atoms with van der Waals surface area (Å²) < 4.78 is 78.9. The average molecular weight is 969 g/mol. The molecule has 3 aliphatic heterocycles. The molecule has 25 nitrogen and oxygen atoms in total. The van der Waals surface area contributed by atoms with Crippen LogP contribution in [0.1, 0.15) is 82.1 Å². The van der Waals surface area contributed by atoms with Crippen LogP contribution in [0.5, 0.6) is 0 Å². The molecule has 0 saturated carbocycles. The van der Waals surface area contributed by atoms with E-state index < -0.39 is 176 Å². The molecule has 0 aromatic heterocycles. The van der Waals surface area contributed by atoms with Crippen molar-refractivity contribution in [1.82, 2.24) is 0 Å². The molecule has 66 heavy (non-hydrogen) atoms. The lowest BCUT2D eigenvalue weighted by molar-refractivity contribution is -0.324. The van der Waals surface area contributed by atoms with Gasteiger partial charge in [-0.15, -0.1) is 11.8 Å². The topological polar surface area (TPSA) is 320 Å². The molecule has 3 rings (SSSR count). The summed E-state index contributed by atoms with van der Waals surface area (Å²) >= 11 is 0.620. The summed E-state index contributed by atoms with van der Waals surface area (Å²) in [6.07, 6.45) is -22.4. The number of carbonyl (C=O) groups is 10. The molecular weight excluding hydrogens is 912 g/mol. The maximum atomic E-state index is 12.9. The summed E-state index contributed by atoms with van der Waals surface area (Å²) in [4.78, 5) is 122. The van der Waals surface area contributed by atoms with Gasteiger partial charge < -0.3 is 71.4 Å². The Labute approximate surface area is 382 Å². The van der Waals surface area contributed by atoms with Gasteiger partial charge in [-0.05, 0) is 12.8 Å². The summed E-state index contributed by atoms with van der Waals surface area (Å²) in [5.74, 6) is -9.04. The molecule has 0 aromatic rings. The summed E-state index contributed by atoms with van der Waals surface area (Å²) in [6.45, 7) is 9.11. The highest BCUT2D eigenvalue weighted by Gasteiger charge is 2.61. The van der Waals surface area contributed by atoms with Gasteiger partial charge in [-0.25, -0.2) is 0 Å². The molecular formula is C40H56O25S. The van der Waals surface area contributed by atoms with Gasteiger partial charge in [-0.2, -0.15) is 0 Å². The zero-order chi connectivity index (χ0) is 49.8. The number of esters is 10. The Bertz CT molecular complexity index is 1810. The van der Waals surface area contributed by atoms with E-state index in [1.165, 1.54) is 7.11 Å². The van der Waals surface area contributed by atoms with Gasteiger partial charge in [0, 0.05) is 76.3 Å². The number of hydrogen-bond acceptors (Lipinski definition) is 26. The standard InChI is InChI=1S/C40H56O25S/c1-16(41)53-14-27-30(56-19(4)44)32(58-21(6)46)36(61-24(9)49)39(63-27)65-33-29(64-38(52-11)35(33)60-23(8)48)26(55-18(3)43)12-13-40(51)37(62-25(10)50)34(59-22(7)47)31(57-20(5)45)28(66-40)15-54-17(2)42/h26-39,51H,12-15H2,1-11H3/t26-,27-,28-,29-,30-,31-,32+,33+,34+,35+,36+,37+,38+,39-,40+/m1/s1. The second-order valence-corrected chi connectivity index (χ2v) is 16.7. The first-order valence-corrected chi connectivity index (χ1v) is 21.2. The van der Waals surface area contributed by atoms with Crippen LogP contribution in [0, 0.1) is 0 Å². The summed E-state index contributed by atoms with van der Waals surface area (Å²) in [7, 11) is 1.17. The van der Waals surface area contributed by atoms with Gasteiger partial charge in [-0.3, -0.25) is 47.9 Å². The van der Waals surface area contributed by atoms with Gasteiger partial charge >= 0.3 is 59.7 Å². The molecule has 372 valence electrons. The quantitative estimate of drug-likeness (QED) is 0.127. The van der Waals surface area contributed by atoms with E-state index in [1.807, 2.05) is 0 Å². The van der Waals surface area contributed by atoms with Crippen molar-refractivity contribution in [3.63, 3.8) is 0 Å². The van der Waals surface area contributed by atoms with Crippen LogP contribution in [-0.2, 0) is 114 Å². The molecule has 3 saturated heterocycles. The minimum absolute atomic E-state index is 0.474. The highest BCUT2D eigenvalue weighted by Crippen LogP contribution is 2.47. The summed E-state index contributed by atoms with van der Waals surface area (Å²) in [6, 6.07) is 0. The predicted octanol–water partition coefficient (Wildman–Crippen LogP) is -0.368. The molecule has 1 N–H and O–H groups in total. The molecule has 3 fully saturated rings. The molecule has 0 bridgehead atoms. The molecule has 3 aliphatic rings. The van der Waals surface area contributed by atoms with E-state index in [4.69, 9.17) is 66.3 Å². The maximum absolute atomic E-state index is 12.9. The molecule has 3 heterocycles. The number of thioether (sulfide) groups is 1. The van der Waals surface area contributed by atoms with Gasteiger partial charge in [0.15, 0.2) is 60.2 Å². The first kappa shape index (κ1) is 55.2. The van der Waals surface area contributed by atoms with Gasteiger partial charge in [0.2, 0.25) is 0 Å². The first-order chi connectivity index (χ1) is 30.8. The number of rotatable bonds is 19. The number of ether oxygens (including phenoxy) is 14. The summed E-state index contributed by atoms with van der Waals surface area (Å²) in [5.41, 5.74) is 0. The highest BCUT2D eigenvalue weighted by atomic mass is 32.2. The van der Waals surface area contributed by atoms with E-state index >= 15 is 0 Å². The molecule has 0 aliphatic carbocycles. The van der Waals surface area contributed by atoms with Gasteiger partial charge in [0.25, 0.3) is 0 Å². The van der Waals surface area contributed by atoms with E-state index in [1.54, 1.807) is 0 Å². The maximum Gasteiger partial charge on any atom is 0.303 e. The Morgan fingerprint density at radius 3 is 1.45 bits per heavy atom. The van der Waals surface area contributed by atoms with Crippen LogP contribution in [0.2, 0.25) is 0 Å². The fourth-order valence-corrected chi connectivity index (χ4v) is 9.03. The van der Waals surface area contributed by atoms with Crippen LogP contribution >= 0.6 is 11.8 Å². The van der Waals surface area contributed by atoms with Crippen molar-refractivity contribution in [2.75, 3.05) is 20.3 Å². The first-order valence-electron chi connectivity index (χ1n) is 20.3. The van der Waals surface area contributed by atoms with E-state index in [2.05, 4.69) is 0 Å². The fourth-order valence-electron chi connectivity index (χ4n) is 7.47. The molecule has 0 radical (unpaired) electrons. The van der Waals surface area contributed by atoms with Gasteiger partial charge in [-0.1, -0.05) is 0 Å². The normalized spacial score (nSPS) is 32.0. The molecule has 0 aromatic carbocycles. The Hall–Kier alpha value is -5.15. The smallest absolute Gasteiger partial charge is 0.303 e. The Morgan fingerprint density at radius 2 is 0.970 bits per heavy atom. The van der Waals surface area contributed by atoms with Crippen molar-refractivity contribution < 1.29 is 119 Å². The van der Waals surface area contributed by atoms with Gasteiger partial charge in [0.1, 0.15) is 37.6 Å². The molecule has 0 unspecified atom stereocenters. The molecule has 0 spiro atoms. The lowest BCUT2D eigenvalue weighted by Gasteiger charge is -2.48. The van der Waals surface area contributed by atoms with Crippen molar-refractivity contribution in [3.8, 4) is 0 Å². The number of hydrogen-bond donors (Lipinski definition) is 1. The lowest BCUT2D eigenvalue weighted by Crippen LogP contribution is -2.64. The SMILES string of the molecule is CO[C@H]1O[C@H]([C@@H](CC[C@]2(O)S[C@H](COC(C)=O)[C@@H](OC(C)=O)[C@H](OC(C)=O)[C@@H]2OC(C)=O)OC(C)=O)[C@H](O[C@H]2O[C@H](COC(C)=O)[C@@H](OC(C)=O)[C@H](OC(C)=O)[C@@H]2OC(C)=O)[C@@H]1OC(C)=O. The van der Waals surface area contributed by atoms with Crippen molar-refractivity contribution in [3.05, 3.63) is 0 Å². The third-order valence-electron chi connectivity index (χ3n) is 9.59. The zero-order valence-electron chi connectivity index (χ0n) is 38.1. The largest absolute Gasteiger partial charge is 0.465 e. The zero-order valence-corrected chi connectivity index (χ0v) is 38.9. The van der Waals surface area contributed by atoms with Crippen LogP contribution in [0.3, 0.4) is 0 Å². The molecule has 26 heteroatoms. The minimum Gasteiger partial charge on any atom is -0.465 e. The predicted molar refractivity (Wildman–Crippen MR) is 212 cm³/mol. The third-order valence-corrected chi connectivity index (χ3v) is 11.1. The van der Waals surface area contributed by atoms with Crippen molar-refractivity contribution in [1.29, 1.82) is 0 Å². The van der Waals surface area contributed by atoms with Crippen molar-refractivity contribution >= 4 is 71.5 Å². The minimum atomic E-state index is -2.35. The van der Waals surface area contributed by atoms with Crippen LogP contribution in [0.4, 0.5) is 0 Å². The second-order valence-electron chi connectivity index (χ2n) is 15.1. The fraction of sp³-hybridized carbons (Fsp3) is 0.750. The third kappa shape index (κ3) is 15.7. The van der Waals surface area contributed by atoms with E-state index in [0.29, 0.717) is 11.8 Å². The van der Waals surface area contributed by atoms with Crippen LogP contribution in [-0.4, -0.2) is 175 Å². The number of methoxy groups -OCH3 is 1. The number of aliphatic hydroxyl groups is 1. The van der Waals surface area contributed by atoms with Crippen molar-refractivity contribution in [2.24, 2.45) is 0 Å². The van der Waals surface area contributed by atoms with Gasteiger partial charge in [0.05, 0.1) is 5.25 Å². The summed E-state index contributed by atoms with van der Waals surface area (Å²) in [5, 5.41) is 11.3. The monoisotopic (exact) mass is 968 g/mol. The molecule has 15 atom stereocenters. The van der Waals surface area contributed by atoms with E-state index in [0.717, 1.165) is 69.2 Å². The highest BCUT2D eigenvalue weighted by molar-refractivity contribution is 8.01. The van der Waals surface area contributed by atoms with Crippen LogP contribution in [0.15, 0.2) is 0 Å². The van der Waals surface area contributed by atoms with E-state index in [-0.39, 0.29) is 0 Å². The molecule has 0 amide bonds. The second kappa shape index (κ2) is 24.6. The average Bonchev–Trinajstić information content (AvgIpc) is 3.51. The van der Waals surface area contributed by atoms with Crippen LogP contribution in [0.25, 0.3) is 0 Å². The van der Waals surface area contributed by atoms with Crippen molar-refractivity contribution in [2.45, 2.75) is 172 Å². The number of carbonyl (C=O) groups excluding carboxylic acids is 10.